The lowest BCUT2D eigenvalue weighted by atomic mass is 10.0. The SMILES string of the molecule is CC(C)(C)SCC(=O)N[C@@H]1CCOc2ccccc21. The van der Waals surface area contributed by atoms with Crippen LogP contribution in [0.3, 0.4) is 0 Å². The average molecular weight is 279 g/mol. The number of fused-ring (bicyclic) bond motifs is 1. The largest absolute Gasteiger partial charge is 0.493 e. The van der Waals surface area contributed by atoms with Gasteiger partial charge in [0.05, 0.1) is 18.4 Å². The molecule has 0 spiro atoms. The van der Waals surface area contributed by atoms with Gasteiger partial charge in [-0.3, -0.25) is 4.79 Å². The molecule has 1 aliphatic rings. The number of carbonyl (C=O) groups is 1. The zero-order valence-electron chi connectivity index (χ0n) is 11.7. The maximum absolute atomic E-state index is 12.0. The number of carbonyl (C=O) groups excluding carboxylic acids is 1. The van der Waals surface area contributed by atoms with Crippen LogP contribution in [0.1, 0.15) is 38.8 Å². The summed E-state index contributed by atoms with van der Waals surface area (Å²) in [6, 6.07) is 8.00. The molecule has 104 valence electrons. The van der Waals surface area contributed by atoms with Gasteiger partial charge in [-0.2, -0.15) is 0 Å². The Balaban J connectivity index is 1.95. The second-order valence-corrected chi connectivity index (χ2v) is 7.50. The van der Waals surface area contributed by atoms with Crippen LogP contribution < -0.4 is 10.1 Å². The van der Waals surface area contributed by atoms with Gasteiger partial charge in [0.2, 0.25) is 5.91 Å². The Hall–Kier alpha value is -1.16. The number of thioether (sulfide) groups is 1. The van der Waals surface area contributed by atoms with Gasteiger partial charge in [-0.1, -0.05) is 39.0 Å². The number of rotatable bonds is 3. The molecule has 1 amide bonds. The van der Waals surface area contributed by atoms with E-state index in [1.807, 2.05) is 24.3 Å². The van der Waals surface area contributed by atoms with Crippen LogP contribution in [0.2, 0.25) is 0 Å². The second-order valence-electron chi connectivity index (χ2n) is 5.70. The first kappa shape index (κ1) is 14.3. The van der Waals surface area contributed by atoms with Crippen molar-refractivity contribution in [1.82, 2.24) is 5.32 Å². The lowest BCUT2D eigenvalue weighted by Gasteiger charge is -2.27. The van der Waals surface area contributed by atoms with E-state index in [0.717, 1.165) is 17.7 Å². The van der Waals surface area contributed by atoms with Crippen LogP contribution in [-0.2, 0) is 4.79 Å². The Bertz CT molecular complexity index is 454. The minimum absolute atomic E-state index is 0.0815. The molecular weight excluding hydrogens is 258 g/mol. The van der Waals surface area contributed by atoms with Gasteiger partial charge in [0.1, 0.15) is 5.75 Å². The van der Waals surface area contributed by atoms with Gasteiger partial charge in [-0.15, -0.1) is 11.8 Å². The third-order valence-corrected chi connectivity index (χ3v) is 4.20. The van der Waals surface area contributed by atoms with E-state index >= 15 is 0 Å². The molecule has 1 N–H and O–H groups in total. The van der Waals surface area contributed by atoms with E-state index in [9.17, 15) is 4.79 Å². The summed E-state index contributed by atoms with van der Waals surface area (Å²) in [6.45, 7) is 7.02. The van der Waals surface area contributed by atoms with Crippen LogP contribution >= 0.6 is 11.8 Å². The number of amides is 1. The summed E-state index contributed by atoms with van der Waals surface area (Å²) in [6.07, 6.45) is 0.836. The number of benzene rings is 1. The van der Waals surface area contributed by atoms with Crippen LogP contribution in [0.25, 0.3) is 0 Å². The average Bonchev–Trinajstić information content (AvgIpc) is 2.36. The quantitative estimate of drug-likeness (QED) is 0.923. The zero-order valence-corrected chi connectivity index (χ0v) is 12.5. The molecule has 19 heavy (non-hydrogen) atoms. The highest BCUT2D eigenvalue weighted by Gasteiger charge is 2.23. The molecule has 0 saturated heterocycles. The fraction of sp³-hybridized carbons (Fsp3) is 0.533. The Morgan fingerprint density at radius 3 is 2.89 bits per heavy atom. The highest BCUT2D eigenvalue weighted by atomic mass is 32.2. The first-order chi connectivity index (χ1) is 8.96. The van der Waals surface area contributed by atoms with Gasteiger partial charge in [0.15, 0.2) is 0 Å². The molecule has 4 heteroatoms. The smallest absolute Gasteiger partial charge is 0.230 e. The van der Waals surface area contributed by atoms with E-state index in [-0.39, 0.29) is 16.7 Å². The van der Waals surface area contributed by atoms with Crippen LogP contribution in [0, 0.1) is 0 Å². The van der Waals surface area contributed by atoms with E-state index in [2.05, 4.69) is 26.1 Å². The van der Waals surface area contributed by atoms with Crippen molar-refractivity contribution in [2.24, 2.45) is 0 Å². The van der Waals surface area contributed by atoms with Crippen molar-refractivity contribution in [2.45, 2.75) is 38.0 Å². The monoisotopic (exact) mass is 279 g/mol. The van der Waals surface area contributed by atoms with Gasteiger partial charge >= 0.3 is 0 Å². The molecule has 0 saturated carbocycles. The summed E-state index contributed by atoms with van der Waals surface area (Å²) in [4.78, 5) is 12.0. The molecule has 1 aromatic carbocycles. The van der Waals surface area contributed by atoms with Gasteiger partial charge in [-0.25, -0.2) is 0 Å². The third-order valence-electron chi connectivity index (χ3n) is 2.93. The fourth-order valence-electron chi connectivity index (χ4n) is 2.01. The van der Waals surface area contributed by atoms with Crippen molar-refractivity contribution in [3.05, 3.63) is 29.8 Å². The third kappa shape index (κ3) is 4.16. The fourth-order valence-corrected chi connectivity index (χ4v) is 2.66. The van der Waals surface area contributed by atoms with Gasteiger partial charge in [0.25, 0.3) is 0 Å². The first-order valence-corrected chi connectivity index (χ1v) is 7.59. The van der Waals surface area contributed by atoms with E-state index in [1.54, 1.807) is 11.8 Å². The Kier molecular flexibility index (Phi) is 4.40. The number of hydrogen-bond donors (Lipinski definition) is 1. The van der Waals surface area contributed by atoms with Crippen LogP contribution in [0.15, 0.2) is 24.3 Å². The molecule has 0 radical (unpaired) electrons. The summed E-state index contributed by atoms with van der Waals surface area (Å²) in [5, 5.41) is 3.11. The summed E-state index contributed by atoms with van der Waals surface area (Å²) < 4.78 is 5.71. The number of nitrogens with one attached hydrogen (secondary N) is 1. The van der Waals surface area contributed by atoms with Crippen molar-refractivity contribution >= 4 is 17.7 Å². The predicted octanol–water partition coefficient (Wildman–Crippen LogP) is 3.16. The Morgan fingerprint density at radius 2 is 2.16 bits per heavy atom. The van der Waals surface area contributed by atoms with Crippen molar-refractivity contribution < 1.29 is 9.53 Å². The van der Waals surface area contributed by atoms with Crippen molar-refractivity contribution in [3.63, 3.8) is 0 Å². The van der Waals surface area contributed by atoms with Crippen LogP contribution in [-0.4, -0.2) is 23.0 Å². The van der Waals surface area contributed by atoms with E-state index in [4.69, 9.17) is 4.74 Å². The molecule has 2 rings (SSSR count). The number of ether oxygens (including phenoxy) is 1. The molecular formula is C15H21NO2S. The molecule has 0 bridgehead atoms. The topological polar surface area (TPSA) is 38.3 Å². The Morgan fingerprint density at radius 1 is 1.42 bits per heavy atom. The predicted molar refractivity (Wildman–Crippen MR) is 79.6 cm³/mol. The number of hydrogen-bond acceptors (Lipinski definition) is 3. The second kappa shape index (κ2) is 5.87. The molecule has 0 fully saturated rings. The van der Waals surface area contributed by atoms with Gasteiger partial charge < -0.3 is 10.1 Å². The van der Waals surface area contributed by atoms with E-state index < -0.39 is 0 Å². The normalized spacial score (nSPS) is 18.4. The molecule has 0 aromatic heterocycles. The van der Waals surface area contributed by atoms with E-state index in [1.165, 1.54) is 0 Å². The lowest BCUT2D eigenvalue weighted by Crippen LogP contribution is -2.34. The molecule has 1 heterocycles. The Labute approximate surface area is 119 Å². The van der Waals surface area contributed by atoms with Crippen molar-refractivity contribution in [2.75, 3.05) is 12.4 Å². The summed E-state index contributed by atoms with van der Waals surface area (Å²) >= 11 is 1.67. The summed E-state index contributed by atoms with van der Waals surface area (Å²) in [5.41, 5.74) is 1.09. The van der Waals surface area contributed by atoms with Crippen molar-refractivity contribution in [3.8, 4) is 5.75 Å². The van der Waals surface area contributed by atoms with Crippen molar-refractivity contribution in [1.29, 1.82) is 0 Å². The maximum atomic E-state index is 12.0. The molecule has 1 aromatic rings. The molecule has 0 aliphatic carbocycles. The summed E-state index contributed by atoms with van der Waals surface area (Å²) in [7, 11) is 0. The van der Waals surface area contributed by atoms with Gasteiger partial charge in [0, 0.05) is 16.7 Å². The highest BCUT2D eigenvalue weighted by molar-refractivity contribution is 8.01. The molecule has 1 atom stereocenters. The lowest BCUT2D eigenvalue weighted by molar-refractivity contribution is -0.119. The molecule has 3 nitrogen and oxygen atoms in total. The number of para-hydroxylation sites is 1. The standard InChI is InChI=1S/C15H21NO2S/c1-15(2,3)19-10-14(17)16-12-8-9-18-13-7-5-4-6-11(12)13/h4-7,12H,8-10H2,1-3H3,(H,16,17)/t12-/m1/s1. The minimum Gasteiger partial charge on any atom is -0.493 e. The van der Waals surface area contributed by atoms with E-state index in [0.29, 0.717) is 12.4 Å². The zero-order chi connectivity index (χ0) is 13.9. The highest BCUT2D eigenvalue weighted by Crippen LogP contribution is 2.31. The summed E-state index contributed by atoms with van der Waals surface area (Å²) in [5.74, 6) is 1.49. The molecule has 0 unspecified atom stereocenters. The minimum atomic E-state index is 0.0815. The maximum Gasteiger partial charge on any atom is 0.230 e. The first-order valence-electron chi connectivity index (χ1n) is 6.61. The van der Waals surface area contributed by atoms with Crippen LogP contribution in [0.4, 0.5) is 0 Å². The molecule has 1 aliphatic heterocycles. The van der Waals surface area contributed by atoms with Crippen LogP contribution in [0.5, 0.6) is 5.75 Å². The van der Waals surface area contributed by atoms with Gasteiger partial charge in [-0.05, 0) is 6.07 Å².